The van der Waals surface area contributed by atoms with E-state index in [0.717, 1.165) is 46.5 Å². The van der Waals surface area contributed by atoms with Crippen molar-refractivity contribution in [2.75, 3.05) is 12.4 Å². The number of halogens is 1. The van der Waals surface area contributed by atoms with Crippen LogP contribution in [-0.2, 0) is 6.42 Å². The summed E-state index contributed by atoms with van der Waals surface area (Å²) in [5.74, 6) is -0.438. The Balaban J connectivity index is 0.00000218. The molecule has 2 heterocycles. The lowest BCUT2D eigenvalue weighted by Crippen LogP contribution is -2.13. The van der Waals surface area contributed by atoms with E-state index in [1.165, 1.54) is 34.7 Å². The molecule has 1 aromatic carbocycles. The molecule has 2 aromatic heterocycles. The Kier molecular flexibility index (Phi) is 4.24. The van der Waals surface area contributed by atoms with E-state index < -0.39 is 11.7 Å². The summed E-state index contributed by atoms with van der Waals surface area (Å²) < 4.78 is 19.3. The quantitative estimate of drug-likeness (QED) is 0.654. The van der Waals surface area contributed by atoms with E-state index in [2.05, 4.69) is 33.5 Å². The van der Waals surface area contributed by atoms with Crippen molar-refractivity contribution in [2.24, 2.45) is 0 Å². The highest BCUT2D eigenvalue weighted by molar-refractivity contribution is 7.19. The van der Waals surface area contributed by atoms with Gasteiger partial charge >= 0.3 is 0 Å². The minimum absolute atomic E-state index is 0. The summed E-state index contributed by atoms with van der Waals surface area (Å²) in [6.07, 6.45) is 8.33. The highest BCUT2D eigenvalue weighted by atomic mass is 32.1. The topological polar surface area (TPSA) is 64.1 Å². The second-order valence-corrected chi connectivity index (χ2v) is 7.79. The standard InChI is InChI=1S/C22H16FN3O2S.H2/c1-28-13-4-6-15-14-5-2-12(14)3-7-19-20(17(15)10-13)29-22(25-19)26-21(27)16-8-9-24-11-18(16)23;/h2,4-6,8-11H,3,7H2,1H3,(H,25,26,27);1H. The molecular weight excluding hydrogens is 389 g/mol. The number of pyridine rings is 1. The Morgan fingerprint density at radius 1 is 1.24 bits per heavy atom. The minimum Gasteiger partial charge on any atom is -0.497 e. The Bertz CT molecular complexity index is 1220. The van der Waals surface area contributed by atoms with Gasteiger partial charge in [-0.25, -0.2) is 9.37 Å². The maximum atomic E-state index is 13.9. The zero-order valence-electron chi connectivity index (χ0n) is 15.5. The third-order valence-electron chi connectivity index (χ3n) is 5.12. The molecule has 0 unspecified atom stereocenters. The van der Waals surface area contributed by atoms with Crippen molar-refractivity contribution in [3.8, 4) is 16.2 Å². The molecule has 0 saturated carbocycles. The van der Waals surface area contributed by atoms with Crippen LogP contribution in [0.2, 0.25) is 0 Å². The molecule has 0 spiro atoms. The van der Waals surface area contributed by atoms with Gasteiger partial charge in [0.25, 0.3) is 5.91 Å². The minimum atomic E-state index is -0.662. The van der Waals surface area contributed by atoms with Gasteiger partial charge in [-0.3, -0.25) is 15.1 Å². The van der Waals surface area contributed by atoms with Crippen LogP contribution in [0.15, 0.2) is 54.4 Å². The summed E-state index contributed by atoms with van der Waals surface area (Å²) in [5.41, 5.74) is 5.57. The number of ether oxygens (including phenoxy) is 1. The number of methoxy groups -OCH3 is 1. The summed E-state index contributed by atoms with van der Waals surface area (Å²) in [5, 5.41) is 3.18. The SMILES string of the molecule is COc1ccc2c(c1)-c1sc(NC(=O)c3ccncc3F)nc1CCC1=C2C=C1.[HH]. The number of hydrogen-bond acceptors (Lipinski definition) is 5. The molecule has 2 aliphatic rings. The van der Waals surface area contributed by atoms with E-state index in [4.69, 9.17) is 4.74 Å². The van der Waals surface area contributed by atoms with Gasteiger partial charge in [0.05, 0.1) is 29.4 Å². The molecule has 0 bridgehead atoms. The first-order chi connectivity index (χ1) is 14.1. The van der Waals surface area contributed by atoms with Crippen LogP contribution in [0.1, 0.15) is 29.5 Å². The number of aromatic nitrogens is 2. The number of nitrogens with zero attached hydrogens (tertiary/aromatic N) is 2. The van der Waals surface area contributed by atoms with Crippen LogP contribution in [0.4, 0.5) is 9.52 Å². The lowest BCUT2D eigenvalue weighted by Gasteiger charge is -2.22. The Hall–Kier alpha value is -3.32. The van der Waals surface area contributed by atoms with Gasteiger partial charge in [0.15, 0.2) is 10.9 Å². The van der Waals surface area contributed by atoms with Crippen molar-refractivity contribution in [3.05, 3.63) is 77.0 Å². The van der Waals surface area contributed by atoms with Crippen molar-refractivity contribution < 1.29 is 15.3 Å². The average Bonchev–Trinajstić information content (AvgIpc) is 3.09. The molecule has 1 N–H and O–H groups in total. The molecule has 3 aromatic rings. The van der Waals surface area contributed by atoms with Crippen molar-refractivity contribution in [3.63, 3.8) is 0 Å². The van der Waals surface area contributed by atoms with E-state index in [0.29, 0.717) is 5.13 Å². The second kappa shape index (κ2) is 6.93. The predicted molar refractivity (Wildman–Crippen MR) is 113 cm³/mol. The molecule has 7 heteroatoms. The number of fused-ring (bicyclic) bond motifs is 4. The fourth-order valence-electron chi connectivity index (χ4n) is 3.60. The van der Waals surface area contributed by atoms with Crippen LogP contribution in [0.3, 0.4) is 0 Å². The third kappa shape index (κ3) is 3.03. The number of allylic oxidation sites excluding steroid dienone is 4. The number of anilines is 1. The monoisotopic (exact) mass is 407 g/mol. The fraction of sp³-hybridized carbons (Fsp3) is 0.136. The van der Waals surface area contributed by atoms with Crippen molar-refractivity contribution in [2.45, 2.75) is 12.8 Å². The van der Waals surface area contributed by atoms with Crippen molar-refractivity contribution >= 4 is 27.9 Å². The van der Waals surface area contributed by atoms with Gasteiger partial charge in [-0.05, 0) is 47.8 Å². The van der Waals surface area contributed by atoms with E-state index in [1.807, 2.05) is 12.1 Å². The first-order valence-electron chi connectivity index (χ1n) is 9.14. The average molecular weight is 407 g/mol. The number of nitrogens with one attached hydrogen (secondary N) is 1. The molecule has 5 nitrogen and oxygen atoms in total. The smallest absolute Gasteiger partial charge is 0.260 e. The maximum absolute atomic E-state index is 13.9. The molecule has 29 heavy (non-hydrogen) atoms. The first-order valence-corrected chi connectivity index (χ1v) is 9.96. The van der Waals surface area contributed by atoms with Crippen LogP contribution in [0.25, 0.3) is 16.0 Å². The molecule has 1 amide bonds. The number of amides is 1. The van der Waals surface area contributed by atoms with Crippen LogP contribution in [0, 0.1) is 5.82 Å². The van der Waals surface area contributed by atoms with Gasteiger partial charge in [-0.2, -0.15) is 0 Å². The van der Waals surface area contributed by atoms with Crippen LogP contribution in [-0.4, -0.2) is 23.0 Å². The number of thiazole rings is 1. The number of rotatable bonds is 3. The van der Waals surface area contributed by atoms with Gasteiger partial charge in [0.1, 0.15) is 5.75 Å². The maximum Gasteiger partial charge on any atom is 0.260 e. The summed E-state index contributed by atoms with van der Waals surface area (Å²) in [7, 11) is 1.64. The number of carbonyl (C=O) groups excluding carboxylic acids is 1. The lowest BCUT2D eigenvalue weighted by atomic mass is 9.83. The van der Waals surface area contributed by atoms with E-state index in [-0.39, 0.29) is 6.99 Å². The molecule has 0 aliphatic heterocycles. The highest BCUT2D eigenvalue weighted by Gasteiger charge is 2.25. The highest BCUT2D eigenvalue weighted by Crippen LogP contribution is 2.45. The van der Waals surface area contributed by atoms with Gasteiger partial charge in [0.2, 0.25) is 0 Å². The molecule has 0 radical (unpaired) electrons. The van der Waals surface area contributed by atoms with Gasteiger partial charge < -0.3 is 4.74 Å². The number of carbonyl (C=O) groups is 1. The zero-order chi connectivity index (χ0) is 20.0. The summed E-state index contributed by atoms with van der Waals surface area (Å²) in [6, 6.07) is 7.37. The molecule has 146 valence electrons. The Morgan fingerprint density at radius 3 is 2.90 bits per heavy atom. The number of benzene rings is 1. The van der Waals surface area contributed by atoms with Crippen molar-refractivity contribution in [1.82, 2.24) is 9.97 Å². The first kappa shape index (κ1) is 17.8. The Labute approximate surface area is 172 Å². The van der Waals surface area contributed by atoms with Crippen molar-refractivity contribution in [1.29, 1.82) is 0 Å². The third-order valence-corrected chi connectivity index (χ3v) is 6.17. The zero-order valence-corrected chi connectivity index (χ0v) is 16.3. The molecule has 5 rings (SSSR count). The predicted octanol–water partition coefficient (Wildman–Crippen LogP) is 5.12. The number of hydrogen-bond donors (Lipinski definition) is 1. The lowest BCUT2D eigenvalue weighted by molar-refractivity contribution is 0.102. The summed E-state index contributed by atoms with van der Waals surface area (Å²) in [4.78, 5) is 21.8. The Morgan fingerprint density at radius 2 is 2.14 bits per heavy atom. The summed E-state index contributed by atoms with van der Waals surface area (Å²) in [6.45, 7) is 0. The fourth-order valence-corrected chi connectivity index (χ4v) is 4.64. The van der Waals surface area contributed by atoms with Crippen LogP contribution >= 0.6 is 11.3 Å². The van der Waals surface area contributed by atoms with E-state index in [9.17, 15) is 9.18 Å². The molecule has 0 atom stereocenters. The normalized spacial score (nSPS) is 14.1. The second-order valence-electron chi connectivity index (χ2n) is 6.79. The largest absolute Gasteiger partial charge is 0.497 e. The molecule has 0 fully saturated rings. The van der Waals surface area contributed by atoms with Gasteiger partial charge in [-0.15, -0.1) is 0 Å². The molecule has 2 aliphatic carbocycles. The van der Waals surface area contributed by atoms with Crippen LogP contribution < -0.4 is 10.1 Å². The van der Waals surface area contributed by atoms with Gasteiger partial charge in [-0.1, -0.05) is 29.6 Å². The van der Waals surface area contributed by atoms with E-state index >= 15 is 0 Å². The molecular formula is C22H18FN3O2S. The molecule has 0 saturated heterocycles. The number of aryl methyl sites for hydroxylation is 1. The van der Waals surface area contributed by atoms with E-state index in [1.54, 1.807) is 7.11 Å². The van der Waals surface area contributed by atoms with Crippen LogP contribution in [0.5, 0.6) is 5.75 Å². The van der Waals surface area contributed by atoms with Gasteiger partial charge in [0, 0.05) is 13.2 Å². The summed E-state index contributed by atoms with van der Waals surface area (Å²) >= 11 is 1.39.